The van der Waals surface area contributed by atoms with Crippen molar-refractivity contribution < 1.29 is 13.2 Å². The van der Waals surface area contributed by atoms with E-state index in [2.05, 4.69) is 5.32 Å². The average Bonchev–Trinajstić information content (AvgIpc) is 3.24. The van der Waals surface area contributed by atoms with Crippen molar-refractivity contribution in [1.29, 1.82) is 0 Å². The second kappa shape index (κ2) is 8.16. The minimum Gasteiger partial charge on any atom is -0.373 e. The maximum Gasteiger partial charge on any atom is 0.281 e. The van der Waals surface area contributed by atoms with Crippen molar-refractivity contribution in [2.45, 2.75) is 51.5 Å². The van der Waals surface area contributed by atoms with Crippen LogP contribution in [-0.2, 0) is 28.0 Å². The largest absolute Gasteiger partial charge is 0.373 e. The lowest BCUT2D eigenvalue weighted by atomic mass is 10.0. The van der Waals surface area contributed by atoms with Crippen LogP contribution in [0.2, 0.25) is 0 Å². The van der Waals surface area contributed by atoms with Crippen LogP contribution in [0.25, 0.3) is 0 Å². The normalized spacial score (nSPS) is 23.8. The van der Waals surface area contributed by atoms with Crippen LogP contribution in [0.4, 0.5) is 5.82 Å². The molecule has 0 bridgehead atoms. The average molecular weight is 423 g/mol. The fourth-order valence-corrected chi connectivity index (χ4v) is 6.25. The second-order valence-electron chi connectivity index (χ2n) is 8.11. The van der Waals surface area contributed by atoms with E-state index < -0.39 is 10.2 Å². The molecular formula is C19H30N6O3S. The molecule has 29 heavy (non-hydrogen) atoms. The van der Waals surface area contributed by atoms with Crippen molar-refractivity contribution in [2.24, 2.45) is 0 Å². The minimum absolute atomic E-state index is 0.00203. The number of carbonyl (C=O) groups excluding carboxylic acids is 1. The molecule has 0 aromatic carbocycles. The number of nitrogens with zero attached hydrogens (tertiary/aromatic N) is 5. The number of piperidine rings is 1. The molecular weight excluding hydrogens is 392 g/mol. The fraction of sp³-hybridized carbons (Fsp3) is 0.737. The van der Waals surface area contributed by atoms with Gasteiger partial charge < -0.3 is 10.2 Å². The van der Waals surface area contributed by atoms with Crippen molar-refractivity contribution in [3.05, 3.63) is 17.1 Å². The molecule has 9 nitrogen and oxygen atoms in total. The lowest BCUT2D eigenvalue weighted by Gasteiger charge is -2.30. The van der Waals surface area contributed by atoms with Crippen molar-refractivity contribution >= 4 is 21.9 Å². The van der Waals surface area contributed by atoms with Gasteiger partial charge in [0.2, 0.25) is 5.91 Å². The maximum atomic E-state index is 13.0. The molecule has 0 spiro atoms. The van der Waals surface area contributed by atoms with Crippen LogP contribution in [0.3, 0.4) is 0 Å². The Labute approximate surface area is 172 Å². The molecule has 1 amide bonds. The van der Waals surface area contributed by atoms with Crippen LogP contribution in [-0.4, -0.2) is 77.6 Å². The number of aromatic nitrogens is 2. The van der Waals surface area contributed by atoms with Gasteiger partial charge >= 0.3 is 0 Å². The first kappa shape index (κ1) is 20.5. The molecule has 4 rings (SSSR count). The Morgan fingerprint density at radius 3 is 2.52 bits per heavy atom. The van der Waals surface area contributed by atoms with Crippen LogP contribution >= 0.6 is 0 Å². The summed E-state index contributed by atoms with van der Waals surface area (Å²) in [7, 11) is -1.58. The Morgan fingerprint density at radius 2 is 1.83 bits per heavy atom. The molecule has 0 aliphatic carbocycles. The van der Waals surface area contributed by atoms with Gasteiger partial charge in [-0.1, -0.05) is 6.42 Å². The first-order valence-corrected chi connectivity index (χ1v) is 11.9. The first-order valence-electron chi connectivity index (χ1n) is 10.5. The van der Waals surface area contributed by atoms with Gasteiger partial charge in [-0.15, -0.1) is 0 Å². The van der Waals surface area contributed by atoms with Crippen LogP contribution < -0.4 is 5.32 Å². The number of hydrogen-bond acceptors (Lipinski definition) is 6. The molecule has 0 saturated carbocycles. The third kappa shape index (κ3) is 3.97. The van der Waals surface area contributed by atoms with E-state index in [-0.39, 0.29) is 11.8 Å². The number of carbonyl (C=O) groups is 1. The number of nitrogens with one attached hydrogen (secondary N) is 1. The van der Waals surface area contributed by atoms with E-state index in [4.69, 9.17) is 9.97 Å². The molecule has 10 heteroatoms. The number of anilines is 1. The zero-order valence-electron chi connectivity index (χ0n) is 17.2. The third-order valence-electron chi connectivity index (χ3n) is 6.24. The smallest absolute Gasteiger partial charge is 0.281 e. The van der Waals surface area contributed by atoms with Crippen molar-refractivity contribution in [2.75, 3.05) is 45.1 Å². The van der Waals surface area contributed by atoms with Crippen molar-refractivity contribution in [3.63, 3.8) is 0 Å². The molecule has 0 radical (unpaired) electrons. The molecule has 4 heterocycles. The Hall–Kier alpha value is -1.78. The Bertz CT molecular complexity index is 867. The minimum atomic E-state index is -3.40. The number of hydrogen-bond donors (Lipinski definition) is 1. The molecule has 160 valence electrons. The highest BCUT2D eigenvalue weighted by Gasteiger charge is 2.38. The molecule has 3 aliphatic heterocycles. The van der Waals surface area contributed by atoms with E-state index in [9.17, 15) is 13.2 Å². The SMILES string of the molecule is CNc1nc([C@@H]2CCN(S(=O)(=O)N3CCCCC3)C2)nc2c1CN(C(C)=O)CC2. The summed E-state index contributed by atoms with van der Waals surface area (Å²) in [6.07, 6.45) is 4.40. The predicted molar refractivity (Wildman–Crippen MR) is 110 cm³/mol. The van der Waals surface area contributed by atoms with Crippen LogP contribution in [0.15, 0.2) is 0 Å². The molecule has 2 fully saturated rings. The zero-order valence-corrected chi connectivity index (χ0v) is 18.0. The monoisotopic (exact) mass is 422 g/mol. The van der Waals surface area contributed by atoms with Gasteiger partial charge in [-0.3, -0.25) is 4.79 Å². The quantitative estimate of drug-likeness (QED) is 0.776. The van der Waals surface area contributed by atoms with Crippen LogP contribution in [0.5, 0.6) is 0 Å². The third-order valence-corrected chi connectivity index (χ3v) is 8.25. The van der Waals surface area contributed by atoms with E-state index in [0.717, 1.165) is 42.8 Å². The summed E-state index contributed by atoms with van der Waals surface area (Å²) in [5.41, 5.74) is 1.93. The molecule has 1 N–H and O–H groups in total. The number of amides is 1. The number of fused-ring (bicyclic) bond motifs is 1. The fourth-order valence-electron chi connectivity index (χ4n) is 4.50. The van der Waals surface area contributed by atoms with Gasteiger partial charge in [-0.25, -0.2) is 9.97 Å². The Kier molecular flexibility index (Phi) is 5.76. The summed E-state index contributed by atoms with van der Waals surface area (Å²) in [6.45, 7) is 4.93. The molecule has 1 aromatic rings. The maximum absolute atomic E-state index is 13.0. The van der Waals surface area contributed by atoms with E-state index in [1.807, 2.05) is 7.05 Å². The van der Waals surface area contributed by atoms with Gasteiger partial charge in [0.05, 0.1) is 12.2 Å². The van der Waals surface area contributed by atoms with E-state index in [1.165, 1.54) is 0 Å². The standard InChI is InChI=1S/C19H30N6O3S/c1-14(26)23-10-7-17-16(13-23)19(20-2)22-18(21-17)15-6-11-25(12-15)29(27,28)24-8-4-3-5-9-24/h15H,3-13H2,1-2H3,(H,20,21,22)/t15-/m1/s1. The molecule has 0 unspecified atom stereocenters. The summed E-state index contributed by atoms with van der Waals surface area (Å²) in [5, 5.41) is 3.14. The molecule has 1 aromatic heterocycles. The lowest BCUT2D eigenvalue weighted by molar-refractivity contribution is -0.129. The van der Waals surface area contributed by atoms with Gasteiger partial charge in [0, 0.05) is 64.6 Å². The first-order chi connectivity index (χ1) is 13.9. The van der Waals surface area contributed by atoms with Gasteiger partial charge in [0.1, 0.15) is 11.6 Å². The van der Waals surface area contributed by atoms with Crippen LogP contribution in [0, 0.1) is 0 Å². The predicted octanol–water partition coefficient (Wildman–Crippen LogP) is 0.943. The topological polar surface area (TPSA) is 98.7 Å². The zero-order chi connectivity index (χ0) is 20.6. The highest BCUT2D eigenvalue weighted by atomic mass is 32.2. The summed E-state index contributed by atoms with van der Waals surface area (Å²) in [4.78, 5) is 23.1. The highest BCUT2D eigenvalue weighted by molar-refractivity contribution is 7.86. The van der Waals surface area contributed by atoms with E-state index in [1.54, 1.807) is 20.4 Å². The Morgan fingerprint density at radius 1 is 1.07 bits per heavy atom. The van der Waals surface area contributed by atoms with Crippen LogP contribution in [0.1, 0.15) is 55.6 Å². The lowest BCUT2D eigenvalue weighted by Crippen LogP contribution is -2.45. The number of rotatable bonds is 4. The van der Waals surface area contributed by atoms with Crippen molar-refractivity contribution in [1.82, 2.24) is 23.5 Å². The van der Waals surface area contributed by atoms with E-state index >= 15 is 0 Å². The molecule has 2 saturated heterocycles. The molecule has 1 atom stereocenters. The van der Waals surface area contributed by atoms with Gasteiger partial charge in [-0.2, -0.15) is 17.0 Å². The highest BCUT2D eigenvalue weighted by Crippen LogP contribution is 2.32. The summed E-state index contributed by atoms with van der Waals surface area (Å²) in [5.74, 6) is 1.50. The van der Waals surface area contributed by atoms with Crippen molar-refractivity contribution in [3.8, 4) is 0 Å². The summed E-state index contributed by atoms with van der Waals surface area (Å²) >= 11 is 0. The summed E-state index contributed by atoms with van der Waals surface area (Å²) in [6, 6.07) is 0. The Balaban J connectivity index is 1.53. The molecule has 3 aliphatic rings. The summed E-state index contributed by atoms with van der Waals surface area (Å²) < 4.78 is 29.2. The second-order valence-corrected chi connectivity index (χ2v) is 10.0. The van der Waals surface area contributed by atoms with E-state index in [0.29, 0.717) is 51.5 Å². The van der Waals surface area contributed by atoms with Gasteiger partial charge in [0.25, 0.3) is 10.2 Å². The van der Waals surface area contributed by atoms with Gasteiger partial charge in [-0.05, 0) is 19.3 Å². The van der Waals surface area contributed by atoms with Gasteiger partial charge in [0.15, 0.2) is 0 Å².